The summed E-state index contributed by atoms with van der Waals surface area (Å²) in [6.45, 7) is 4.06. The van der Waals surface area contributed by atoms with Gasteiger partial charge < -0.3 is 13.9 Å². The molecule has 0 bridgehead atoms. The van der Waals surface area contributed by atoms with E-state index in [1.807, 2.05) is 60.0 Å². The van der Waals surface area contributed by atoms with E-state index in [2.05, 4.69) is 11.9 Å². The summed E-state index contributed by atoms with van der Waals surface area (Å²) >= 11 is 0. The van der Waals surface area contributed by atoms with Crippen molar-refractivity contribution in [2.75, 3.05) is 6.61 Å². The molecule has 0 N–H and O–H groups in total. The molecule has 0 saturated heterocycles. The number of carbonyl (C=O) groups excluding carboxylic acids is 1. The number of hydrogen-bond acceptors (Lipinski definition) is 4. The average Bonchev–Trinajstić information content (AvgIpc) is 2.93. The van der Waals surface area contributed by atoms with E-state index in [9.17, 15) is 4.79 Å². The molecule has 2 heterocycles. The molecule has 2 aromatic heterocycles. The maximum Gasteiger partial charge on any atom is 0.344 e. The summed E-state index contributed by atoms with van der Waals surface area (Å²) in [5.74, 6) is 0.259. The highest BCUT2D eigenvalue weighted by atomic mass is 16.6. The van der Waals surface area contributed by atoms with Crippen LogP contribution in [0.4, 0.5) is 0 Å². The Morgan fingerprint density at radius 2 is 1.96 bits per heavy atom. The smallest absolute Gasteiger partial charge is 0.344 e. The van der Waals surface area contributed by atoms with Crippen molar-refractivity contribution in [1.82, 2.24) is 9.38 Å². The second-order valence-electron chi connectivity index (χ2n) is 5.52. The van der Waals surface area contributed by atoms with E-state index in [0.717, 1.165) is 23.5 Å². The van der Waals surface area contributed by atoms with Crippen LogP contribution >= 0.6 is 0 Å². The Morgan fingerprint density at radius 1 is 1.17 bits per heavy atom. The maximum atomic E-state index is 11.9. The number of pyridine rings is 1. The van der Waals surface area contributed by atoms with E-state index >= 15 is 0 Å². The van der Waals surface area contributed by atoms with E-state index in [-0.39, 0.29) is 13.2 Å². The molecule has 0 radical (unpaired) electrons. The lowest BCUT2D eigenvalue weighted by Crippen LogP contribution is -2.15. The lowest BCUT2D eigenvalue weighted by Gasteiger charge is -2.08. The summed E-state index contributed by atoms with van der Waals surface area (Å²) in [6.07, 6.45) is 2.88. The molecule has 3 aromatic rings. The van der Waals surface area contributed by atoms with Crippen LogP contribution in [0.25, 0.3) is 5.65 Å². The molecule has 0 unspecified atom stereocenters. The minimum Gasteiger partial charge on any atom is -0.482 e. The molecule has 0 saturated carbocycles. The average molecular weight is 324 g/mol. The molecule has 124 valence electrons. The Balaban J connectivity index is 1.56. The van der Waals surface area contributed by atoms with E-state index in [0.29, 0.717) is 5.75 Å². The first-order chi connectivity index (χ1) is 11.7. The van der Waals surface area contributed by atoms with Crippen molar-refractivity contribution in [1.29, 1.82) is 0 Å². The zero-order valence-corrected chi connectivity index (χ0v) is 13.9. The van der Waals surface area contributed by atoms with Gasteiger partial charge in [0, 0.05) is 6.20 Å². The number of rotatable bonds is 6. The number of hydrogen-bond donors (Lipinski definition) is 0. The molecular weight excluding hydrogens is 304 g/mol. The van der Waals surface area contributed by atoms with Gasteiger partial charge in [-0.2, -0.15) is 0 Å². The Bertz CT molecular complexity index is 837. The summed E-state index contributed by atoms with van der Waals surface area (Å²) < 4.78 is 12.7. The summed E-state index contributed by atoms with van der Waals surface area (Å²) in [7, 11) is 0. The fourth-order valence-electron chi connectivity index (χ4n) is 2.49. The third kappa shape index (κ3) is 3.56. The van der Waals surface area contributed by atoms with Crippen molar-refractivity contribution < 1.29 is 14.3 Å². The number of carbonyl (C=O) groups is 1. The minimum atomic E-state index is -0.403. The Morgan fingerprint density at radius 3 is 2.71 bits per heavy atom. The van der Waals surface area contributed by atoms with Crippen LogP contribution in [0.2, 0.25) is 0 Å². The lowest BCUT2D eigenvalue weighted by molar-refractivity contribution is -0.147. The Kier molecular flexibility index (Phi) is 4.79. The fraction of sp³-hybridized carbons (Fsp3) is 0.263. The van der Waals surface area contributed by atoms with Crippen LogP contribution in [0, 0.1) is 6.92 Å². The largest absolute Gasteiger partial charge is 0.482 e. The number of imidazole rings is 1. The molecule has 3 rings (SSSR count). The van der Waals surface area contributed by atoms with Gasteiger partial charge >= 0.3 is 5.97 Å². The number of esters is 1. The third-order valence-electron chi connectivity index (χ3n) is 3.89. The van der Waals surface area contributed by atoms with E-state index in [4.69, 9.17) is 9.47 Å². The normalized spacial score (nSPS) is 10.8. The molecular formula is C19H20N2O3. The number of aromatic nitrogens is 2. The van der Waals surface area contributed by atoms with Gasteiger partial charge in [0.2, 0.25) is 0 Å². The topological polar surface area (TPSA) is 52.8 Å². The molecule has 0 atom stereocenters. The molecule has 5 nitrogen and oxygen atoms in total. The van der Waals surface area contributed by atoms with Gasteiger partial charge in [-0.05, 0) is 43.2 Å². The summed E-state index contributed by atoms with van der Waals surface area (Å²) in [5.41, 5.74) is 3.79. The van der Waals surface area contributed by atoms with Crippen molar-refractivity contribution in [3.63, 3.8) is 0 Å². The van der Waals surface area contributed by atoms with Crippen LogP contribution in [-0.4, -0.2) is 22.0 Å². The predicted octanol–water partition coefficient (Wildman–Crippen LogP) is 3.33. The van der Waals surface area contributed by atoms with Crippen LogP contribution in [-0.2, 0) is 22.6 Å². The quantitative estimate of drug-likeness (QED) is 0.653. The van der Waals surface area contributed by atoms with Crippen molar-refractivity contribution in [2.45, 2.75) is 26.9 Å². The van der Waals surface area contributed by atoms with Gasteiger partial charge in [-0.3, -0.25) is 0 Å². The van der Waals surface area contributed by atoms with Crippen molar-refractivity contribution >= 4 is 11.6 Å². The van der Waals surface area contributed by atoms with E-state index < -0.39 is 5.97 Å². The molecule has 0 amide bonds. The zero-order chi connectivity index (χ0) is 16.9. The molecule has 24 heavy (non-hydrogen) atoms. The molecule has 5 heteroatoms. The number of fused-ring (bicyclic) bond motifs is 1. The summed E-state index contributed by atoms with van der Waals surface area (Å²) in [4.78, 5) is 16.3. The molecule has 0 aliphatic rings. The van der Waals surface area contributed by atoms with Crippen LogP contribution in [0.5, 0.6) is 5.75 Å². The van der Waals surface area contributed by atoms with Crippen molar-refractivity contribution in [2.24, 2.45) is 0 Å². The van der Waals surface area contributed by atoms with Crippen LogP contribution in [0.3, 0.4) is 0 Å². The second-order valence-corrected chi connectivity index (χ2v) is 5.52. The van der Waals surface area contributed by atoms with E-state index in [1.165, 1.54) is 5.56 Å². The number of aryl methyl sites for hydroxylation is 2. The predicted molar refractivity (Wildman–Crippen MR) is 91.0 cm³/mol. The highest BCUT2D eigenvalue weighted by Gasteiger charge is 2.11. The number of nitrogens with zero attached hydrogens (tertiary/aromatic N) is 2. The minimum absolute atomic E-state index is 0.110. The first-order valence-electron chi connectivity index (χ1n) is 7.97. The lowest BCUT2D eigenvalue weighted by atomic mass is 10.2. The Labute approximate surface area is 140 Å². The Hall–Kier alpha value is -2.82. The first-order valence-corrected chi connectivity index (χ1v) is 7.97. The van der Waals surface area contributed by atoms with Gasteiger partial charge in [-0.15, -0.1) is 0 Å². The van der Waals surface area contributed by atoms with Gasteiger partial charge in [0.05, 0.1) is 11.4 Å². The molecule has 0 aliphatic carbocycles. The fourth-order valence-corrected chi connectivity index (χ4v) is 2.49. The van der Waals surface area contributed by atoms with Crippen LogP contribution in [0.1, 0.15) is 23.9 Å². The van der Waals surface area contributed by atoms with Crippen molar-refractivity contribution in [3.8, 4) is 5.75 Å². The van der Waals surface area contributed by atoms with Gasteiger partial charge in [0.15, 0.2) is 6.61 Å². The van der Waals surface area contributed by atoms with Gasteiger partial charge in [0.1, 0.15) is 18.0 Å². The van der Waals surface area contributed by atoms with Gasteiger partial charge in [-0.1, -0.05) is 25.1 Å². The number of benzene rings is 1. The highest BCUT2D eigenvalue weighted by molar-refractivity contribution is 5.71. The SMILES string of the molecule is CCc1ccc(OCC(=O)OCc2c(C)nc3ccccn23)cc1. The standard InChI is InChI=1S/C19H20N2O3/c1-3-15-7-9-16(10-8-15)23-13-19(22)24-12-17-14(2)20-18-6-4-5-11-21(17)18/h4-11H,3,12-13H2,1-2H3. The maximum absolute atomic E-state index is 11.9. The number of ether oxygens (including phenoxy) is 2. The molecule has 0 fully saturated rings. The van der Waals surface area contributed by atoms with Crippen LogP contribution in [0.15, 0.2) is 48.7 Å². The van der Waals surface area contributed by atoms with Gasteiger partial charge in [-0.25, -0.2) is 9.78 Å². The van der Waals surface area contributed by atoms with Crippen molar-refractivity contribution in [3.05, 3.63) is 65.6 Å². The molecule has 0 spiro atoms. The monoisotopic (exact) mass is 324 g/mol. The zero-order valence-electron chi connectivity index (χ0n) is 13.9. The van der Waals surface area contributed by atoms with E-state index in [1.54, 1.807) is 0 Å². The van der Waals surface area contributed by atoms with Gasteiger partial charge in [0.25, 0.3) is 0 Å². The summed E-state index contributed by atoms with van der Waals surface area (Å²) in [5, 5.41) is 0. The highest BCUT2D eigenvalue weighted by Crippen LogP contribution is 2.14. The second kappa shape index (κ2) is 7.17. The third-order valence-corrected chi connectivity index (χ3v) is 3.89. The first kappa shape index (κ1) is 16.1. The summed E-state index contributed by atoms with van der Waals surface area (Å²) in [6, 6.07) is 13.5. The molecule has 0 aliphatic heterocycles. The molecule has 1 aromatic carbocycles. The van der Waals surface area contributed by atoms with Crippen LogP contribution < -0.4 is 4.74 Å².